The number of nitrogens with one attached hydrogen (secondary N) is 1. The van der Waals surface area contributed by atoms with Gasteiger partial charge in [0.1, 0.15) is 18.7 Å². The highest BCUT2D eigenvalue weighted by atomic mass is 16.5. The molecule has 1 unspecified atom stereocenters. The van der Waals surface area contributed by atoms with E-state index in [-0.39, 0.29) is 25.9 Å². The number of nitrogens with zero attached hydrogens (tertiary/aromatic N) is 1. The number of ether oxygens (including phenoxy) is 1. The molecule has 31 heavy (non-hydrogen) atoms. The lowest BCUT2D eigenvalue weighted by Crippen LogP contribution is -2.53. The minimum absolute atomic E-state index is 0.0309. The number of hydrogen-bond acceptors (Lipinski definition) is 5. The Morgan fingerprint density at radius 3 is 2.39 bits per heavy atom. The first-order chi connectivity index (χ1) is 14.9. The highest BCUT2D eigenvalue weighted by Gasteiger charge is 2.41. The van der Waals surface area contributed by atoms with Crippen LogP contribution in [0, 0.1) is 0 Å². The molecule has 0 saturated heterocycles. The molecule has 0 bridgehead atoms. The van der Waals surface area contributed by atoms with Gasteiger partial charge in [0.05, 0.1) is 0 Å². The van der Waals surface area contributed by atoms with Gasteiger partial charge < -0.3 is 20.3 Å². The number of carbonyl (C=O) groups is 4. The number of alkyl carbamates (subject to hydrolysis) is 1. The van der Waals surface area contributed by atoms with E-state index in [1.54, 1.807) is 48.5 Å². The van der Waals surface area contributed by atoms with Crippen molar-refractivity contribution in [2.24, 2.45) is 0 Å². The SMILES string of the molecule is O=C(O)CC[C@@H](NC(=O)OCc1ccccc1)C(=O)N1c2ccccc2CC1C(=O)O. The van der Waals surface area contributed by atoms with E-state index in [0.717, 1.165) is 10.5 Å². The first-order valence-corrected chi connectivity index (χ1v) is 9.69. The first kappa shape index (κ1) is 21.8. The van der Waals surface area contributed by atoms with Crippen LogP contribution < -0.4 is 10.2 Å². The minimum atomic E-state index is -1.26. The van der Waals surface area contributed by atoms with Crippen molar-refractivity contribution in [2.75, 3.05) is 4.90 Å². The normalized spacial score (nSPS) is 15.6. The Bertz CT molecular complexity index is 977. The van der Waals surface area contributed by atoms with Crippen LogP contribution in [0.4, 0.5) is 10.5 Å². The fourth-order valence-corrected chi connectivity index (χ4v) is 3.46. The van der Waals surface area contributed by atoms with Gasteiger partial charge in [0.2, 0.25) is 0 Å². The van der Waals surface area contributed by atoms with Crippen LogP contribution in [0.3, 0.4) is 0 Å². The molecule has 0 aromatic heterocycles. The van der Waals surface area contributed by atoms with Gasteiger partial charge in [0.25, 0.3) is 5.91 Å². The molecule has 2 aromatic rings. The van der Waals surface area contributed by atoms with E-state index >= 15 is 0 Å². The molecule has 2 atom stereocenters. The molecule has 3 N–H and O–H groups in total. The number of fused-ring (bicyclic) bond motifs is 1. The van der Waals surface area contributed by atoms with Gasteiger partial charge >= 0.3 is 18.0 Å². The number of rotatable bonds is 8. The molecular weight excluding hydrogens is 404 g/mol. The zero-order chi connectivity index (χ0) is 22.4. The summed E-state index contributed by atoms with van der Waals surface area (Å²) in [5, 5.41) is 21.0. The number of anilines is 1. The summed E-state index contributed by atoms with van der Waals surface area (Å²) in [6.07, 6.45) is -1.37. The number of carbonyl (C=O) groups excluding carboxylic acids is 2. The van der Waals surface area contributed by atoms with Crippen molar-refractivity contribution in [3.05, 3.63) is 65.7 Å². The van der Waals surface area contributed by atoms with E-state index in [0.29, 0.717) is 11.3 Å². The van der Waals surface area contributed by atoms with Crippen LogP contribution >= 0.6 is 0 Å². The fourth-order valence-electron chi connectivity index (χ4n) is 3.46. The Morgan fingerprint density at radius 1 is 1.03 bits per heavy atom. The maximum absolute atomic E-state index is 13.2. The van der Waals surface area contributed by atoms with Crippen LogP contribution in [0.25, 0.3) is 0 Å². The third-order valence-electron chi connectivity index (χ3n) is 4.95. The van der Waals surface area contributed by atoms with Crippen molar-refractivity contribution in [2.45, 2.75) is 38.0 Å². The lowest BCUT2D eigenvalue weighted by Gasteiger charge is -2.27. The number of amides is 2. The number of aliphatic carboxylic acids is 2. The highest BCUT2D eigenvalue weighted by Crippen LogP contribution is 2.33. The zero-order valence-electron chi connectivity index (χ0n) is 16.6. The zero-order valence-corrected chi connectivity index (χ0v) is 16.6. The molecule has 0 fully saturated rings. The summed E-state index contributed by atoms with van der Waals surface area (Å²) < 4.78 is 5.14. The number of benzene rings is 2. The standard InChI is InChI=1S/C22H22N2O7/c25-19(26)11-10-16(23-22(30)31-13-14-6-2-1-3-7-14)20(27)24-17-9-5-4-8-15(17)12-18(24)21(28)29/h1-9,16,18H,10-13H2,(H,23,30)(H,25,26)(H,28,29)/t16-,18?/m1/s1. The maximum atomic E-state index is 13.2. The second-order valence-corrected chi connectivity index (χ2v) is 7.09. The molecule has 1 heterocycles. The van der Waals surface area contributed by atoms with Crippen molar-refractivity contribution in [3.8, 4) is 0 Å². The van der Waals surface area contributed by atoms with Crippen LogP contribution in [-0.2, 0) is 32.1 Å². The van der Waals surface area contributed by atoms with E-state index < -0.39 is 36.0 Å². The number of hydrogen-bond donors (Lipinski definition) is 3. The molecule has 1 aliphatic heterocycles. The van der Waals surface area contributed by atoms with Crippen molar-refractivity contribution in [1.29, 1.82) is 0 Å². The molecule has 9 heteroatoms. The van der Waals surface area contributed by atoms with Crippen molar-refractivity contribution < 1.29 is 34.1 Å². The van der Waals surface area contributed by atoms with Gasteiger partial charge in [0, 0.05) is 18.5 Å². The summed E-state index contributed by atoms with van der Waals surface area (Å²) in [6, 6.07) is 13.3. The smallest absolute Gasteiger partial charge is 0.408 e. The molecule has 9 nitrogen and oxygen atoms in total. The van der Waals surface area contributed by atoms with Crippen LogP contribution in [-0.4, -0.2) is 46.2 Å². The van der Waals surface area contributed by atoms with Gasteiger partial charge in [-0.3, -0.25) is 14.5 Å². The molecule has 0 radical (unpaired) electrons. The summed E-state index contributed by atoms with van der Waals surface area (Å²) in [7, 11) is 0. The average Bonchev–Trinajstić information content (AvgIpc) is 3.15. The summed E-state index contributed by atoms with van der Waals surface area (Å²) in [4.78, 5) is 49.4. The van der Waals surface area contributed by atoms with E-state index in [4.69, 9.17) is 9.84 Å². The average molecular weight is 426 g/mol. The van der Waals surface area contributed by atoms with Gasteiger partial charge in [-0.05, 0) is 23.6 Å². The van der Waals surface area contributed by atoms with Gasteiger partial charge in [-0.1, -0.05) is 48.5 Å². The van der Waals surface area contributed by atoms with E-state index in [9.17, 15) is 24.3 Å². The Kier molecular flexibility index (Phi) is 6.86. The van der Waals surface area contributed by atoms with Gasteiger partial charge in [-0.2, -0.15) is 0 Å². The van der Waals surface area contributed by atoms with Crippen molar-refractivity contribution in [3.63, 3.8) is 0 Å². The molecule has 2 aromatic carbocycles. The molecule has 0 saturated carbocycles. The highest BCUT2D eigenvalue weighted by molar-refractivity contribution is 6.05. The topological polar surface area (TPSA) is 133 Å². The monoisotopic (exact) mass is 426 g/mol. The molecular formula is C22H22N2O7. The Labute approximate surface area is 178 Å². The van der Waals surface area contributed by atoms with Crippen LogP contribution in [0.15, 0.2) is 54.6 Å². The summed E-state index contributed by atoms with van der Waals surface area (Å²) in [5.74, 6) is -3.03. The third-order valence-corrected chi connectivity index (χ3v) is 4.95. The fraction of sp³-hybridized carbons (Fsp3) is 0.273. The molecule has 0 aliphatic carbocycles. The second-order valence-electron chi connectivity index (χ2n) is 7.09. The maximum Gasteiger partial charge on any atom is 0.408 e. The van der Waals surface area contributed by atoms with Crippen molar-refractivity contribution >= 4 is 29.6 Å². The Hall–Kier alpha value is -3.88. The number of carboxylic acid groups (broad SMARTS) is 2. The van der Waals surface area contributed by atoms with E-state index in [1.165, 1.54) is 0 Å². The second kappa shape index (κ2) is 9.75. The van der Waals surface area contributed by atoms with Gasteiger partial charge in [0.15, 0.2) is 0 Å². The predicted molar refractivity (Wildman–Crippen MR) is 109 cm³/mol. The lowest BCUT2D eigenvalue weighted by atomic mass is 10.1. The predicted octanol–water partition coefficient (Wildman–Crippen LogP) is 2.19. The first-order valence-electron chi connectivity index (χ1n) is 9.69. The number of para-hydroxylation sites is 1. The summed E-state index contributed by atoms with van der Waals surface area (Å²) in [5.41, 5.74) is 1.86. The van der Waals surface area contributed by atoms with E-state index in [1.807, 2.05) is 6.07 Å². The van der Waals surface area contributed by atoms with Crippen molar-refractivity contribution in [1.82, 2.24) is 5.32 Å². The quantitative estimate of drug-likeness (QED) is 0.589. The van der Waals surface area contributed by atoms with Crippen LogP contribution in [0.2, 0.25) is 0 Å². The largest absolute Gasteiger partial charge is 0.481 e. The molecule has 162 valence electrons. The summed E-state index contributed by atoms with van der Waals surface area (Å²) in [6.45, 7) is -0.0309. The summed E-state index contributed by atoms with van der Waals surface area (Å²) >= 11 is 0. The van der Waals surface area contributed by atoms with Gasteiger partial charge in [-0.15, -0.1) is 0 Å². The lowest BCUT2D eigenvalue weighted by molar-refractivity contribution is -0.140. The molecule has 3 rings (SSSR count). The van der Waals surface area contributed by atoms with Crippen LogP contribution in [0.1, 0.15) is 24.0 Å². The molecule has 0 spiro atoms. The minimum Gasteiger partial charge on any atom is -0.481 e. The van der Waals surface area contributed by atoms with Crippen LogP contribution in [0.5, 0.6) is 0 Å². The Morgan fingerprint density at radius 2 is 1.71 bits per heavy atom. The Balaban J connectivity index is 1.76. The van der Waals surface area contributed by atoms with E-state index in [2.05, 4.69) is 5.32 Å². The number of carboxylic acids is 2. The third kappa shape index (κ3) is 5.39. The molecule has 2 amide bonds. The molecule has 1 aliphatic rings. The van der Waals surface area contributed by atoms with Gasteiger partial charge in [-0.25, -0.2) is 9.59 Å².